The van der Waals surface area contributed by atoms with Gasteiger partial charge in [0.25, 0.3) is 0 Å². The molecule has 1 aliphatic carbocycles. The molecule has 0 radical (unpaired) electrons. The number of aromatic nitrogens is 4. The zero-order valence-corrected chi connectivity index (χ0v) is 21.7. The summed E-state index contributed by atoms with van der Waals surface area (Å²) in [7, 11) is 1.65. The number of amides is 1. The molecule has 36 heavy (non-hydrogen) atoms. The van der Waals surface area contributed by atoms with E-state index in [4.69, 9.17) is 14.7 Å². The molecule has 0 bridgehead atoms. The zero-order valence-electron chi connectivity index (χ0n) is 20.9. The highest BCUT2D eigenvalue weighted by molar-refractivity contribution is 7.99. The maximum Gasteiger partial charge on any atom is 0.227 e. The van der Waals surface area contributed by atoms with E-state index in [2.05, 4.69) is 37.6 Å². The van der Waals surface area contributed by atoms with Crippen LogP contribution in [0.3, 0.4) is 0 Å². The van der Waals surface area contributed by atoms with E-state index in [-0.39, 0.29) is 11.8 Å². The van der Waals surface area contributed by atoms with Crippen LogP contribution in [0.4, 0.5) is 23.1 Å². The fraction of sp³-hybridized carbons (Fsp3) is 0.440. The zero-order chi connectivity index (χ0) is 25.1. The van der Waals surface area contributed by atoms with Gasteiger partial charge in [0.15, 0.2) is 22.6 Å². The summed E-state index contributed by atoms with van der Waals surface area (Å²) in [5, 5.41) is 14.1. The van der Waals surface area contributed by atoms with E-state index in [1.54, 1.807) is 7.11 Å². The first-order chi connectivity index (χ1) is 17.5. The Bertz CT molecular complexity index is 1200. The van der Waals surface area contributed by atoms with Crippen molar-refractivity contribution >= 4 is 40.8 Å². The molecule has 1 saturated carbocycles. The Labute approximate surface area is 215 Å². The van der Waals surface area contributed by atoms with Crippen molar-refractivity contribution in [1.82, 2.24) is 25.1 Å². The summed E-state index contributed by atoms with van der Waals surface area (Å²) in [5.74, 6) is 2.89. The molecule has 3 N–H and O–H groups in total. The Kier molecular flexibility index (Phi) is 7.28. The molecule has 2 aromatic heterocycles. The van der Waals surface area contributed by atoms with Gasteiger partial charge in [-0.25, -0.2) is 9.97 Å². The van der Waals surface area contributed by atoms with Gasteiger partial charge in [0.1, 0.15) is 0 Å². The van der Waals surface area contributed by atoms with Crippen LogP contribution >= 0.6 is 11.8 Å². The highest BCUT2D eigenvalue weighted by atomic mass is 32.2. The Morgan fingerprint density at radius 1 is 1.17 bits per heavy atom. The standard InChI is InChI=1S/C25H32N8O2S/c1-4-32-11-13-33(14-12-32)23-21(35-3)22(27-20-15-16(2)30-31-20)28-25(29-23)36-19-9-7-18(8-10-19)26-24(34)17-5-6-17/h7-10,15,17H,4-6,11-14H2,1-3H3,(H,26,34)(H2,27,28,29,30,31). The number of anilines is 4. The average molecular weight is 509 g/mol. The van der Waals surface area contributed by atoms with E-state index in [9.17, 15) is 4.79 Å². The lowest BCUT2D eigenvalue weighted by atomic mass is 10.3. The smallest absolute Gasteiger partial charge is 0.227 e. The van der Waals surface area contributed by atoms with Crippen LogP contribution in [0.1, 0.15) is 25.5 Å². The molecule has 1 aromatic carbocycles. The molecule has 190 valence electrons. The Morgan fingerprint density at radius 2 is 1.92 bits per heavy atom. The molecular weight excluding hydrogens is 476 g/mol. The fourth-order valence-corrected chi connectivity index (χ4v) is 4.88. The monoisotopic (exact) mass is 508 g/mol. The summed E-state index contributed by atoms with van der Waals surface area (Å²) < 4.78 is 5.81. The van der Waals surface area contributed by atoms with E-state index >= 15 is 0 Å². The number of benzene rings is 1. The predicted octanol–water partition coefficient (Wildman–Crippen LogP) is 3.90. The molecule has 0 unspecified atom stereocenters. The largest absolute Gasteiger partial charge is 0.490 e. The van der Waals surface area contributed by atoms with Gasteiger partial charge in [0, 0.05) is 54.4 Å². The molecule has 1 amide bonds. The number of carbonyl (C=O) groups is 1. The van der Waals surface area contributed by atoms with Crippen molar-refractivity contribution in [2.45, 2.75) is 36.7 Å². The predicted molar refractivity (Wildman–Crippen MR) is 141 cm³/mol. The van der Waals surface area contributed by atoms with Crippen molar-refractivity contribution in [2.75, 3.05) is 55.4 Å². The first-order valence-electron chi connectivity index (χ1n) is 12.3. The van der Waals surface area contributed by atoms with Crippen LogP contribution in [0.5, 0.6) is 5.75 Å². The average Bonchev–Trinajstić information content (AvgIpc) is 3.67. The van der Waals surface area contributed by atoms with Crippen LogP contribution in [0.15, 0.2) is 40.4 Å². The van der Waals surface area contributed by atoms with Crippen molar-refractivity contribution in [1.29, 1.82) is 0 Å². The number of aromatic amines is 1. The van der Waals surface area contributed by atoms with E-state index in [0.29, 0.717) is 22.5 Å². The van der Waals surface area contributed by atoms with Crippen LogP contribution in [0.25, 0.3) is 0 Å². The molecule has 1 saturated heterocycles. The van der Waals surface area contributed by atoms with Crippen molar-refractivity contribution < 1.29 is 9.53 Å². The molecule has 0 atom stereocenters. The summed E-state index contributed by atoms with van der Waals surface area (Å²) in [6, 6.07) is 9.71. The number of hydrogen-bond donors (Lipinski definition) is 3. The van der Waals surface area contributed by atoms with Gasteiger partial charge >= 0.3 is 0 Å². The van der Waals surface area contributed by atoms with E-state index < -0.39 is 0 Å². The van der Waals surface area contributed by atoms with E-state index in [1.165, 1.54) is 11.8 Å². The maximum absolute atomic E-state index is 12.1. The van der Waals surface area contributed by atoms with Gasteiger partial charge in [-0.15, -0.1) is 0 Å². The van der Waals surface area contributed by atoms with Crippen LogP contribution in [0, 0.1) is 12.8 Å². The van der Waals surface area contributed by atoms with Gasteiger partial charge in [-0.05, 0) is 62.3 Å². The van der Waals surface area contributed by atoms with Gasteiger partial charge in [-0.3, -0.25) is 9.89 Å². The van der Waals surface area contributed by atoms with Crippen LogP contribution in [-0.4, -0.2) is 70.8 Å². The Hall–Kier alpha value is -3.31. The summed E-state index contributed by atoms with van der Waals surface area (Å²) in [4.78, 5) is 27.4. The molecule has 10 nitrogen and oxygen atoms in total. The molecule has 3 heterocycles. The quantitative estimate of drug-likeness (QED) is 0.371. The van der Waals surface area contributed by atoms with Crippen molar-refractivity contribution in [3.05, 3.63) is 36.0 Å². The molecule has 11 heteroatoms. The number of methoxy groups -OCH3 is 1. The maximum atomic E-state index is 12.1. The third-order valence-electron chi connectivity index (χ3n) is 6.38. The minimum atomic E-state index is 0.103. The van der Waals surface area contributed by atoms with E-state index in [0.717, 1.165) is 67.7 Å². The van der Waals surface area contributed by atoms with Gasteiger partial charge in [0.05, 0.1) is 7.11 Å². The number of ether oxygens (including phenoxy) is 1. The molecule has 1 aliphatic heterocycles. The third kappa shape index (κ3) is 5.73. The van der Waals surface area contributed by atoms with Crippen LogP contribution in [0.2, 0.25) is 0 Å². The van der Waals surface area contributed by atoms with Crippen LogP contribution in [-0.2, 0) is 4.79 Å². The lowest BCUT2D eigenvalue weighted by molar-refractivity contribution is -0.117. The van der Waals surface area contributed by atoms with E-state index in [1.807, 2.05) is 37.3 Å². The summed E-state index contributed by atoms with van der Waals surface area (Å²) in [5.41, 5.74) is 1.75. The number of aryl methyl sites for hydroxylation is 1. The fourth-order valence-electron chi connectivity index (χ4n) is 4.13. The summed E-state index contributed by atoms with van der Waals surface area (Å²) in [6.07, 6.45) is 1.97. The number of nitrogens with zero attached hydrogens (tertiary/aromatic N) is 5. The number of nitrogens with one attached hydrogen (secondary N) is 3. The number of piperazine rings is 1. The second-order valence-corrected chi connectivity index (χ2v) is 10.1. The second-order valence-electron chi connectivity index (χ2n) is 9.08. The van der Waals surface area contributed by atoms with Gasteiger partial charge in [-0.2, -0.15) is 5.10 Å². The molecule has 2 fully saturated rings. The molecular formula is C25H32N8O2S. The highest BCUT2D eigenvalue weighted by Gasteiger charge is 2.29. The lowest BCUT2D eigenvalue weighted by Gasteiger charge is -2.35. The van der Waals surface area contributed by atoms with Gasteiger partial charge in [0.2, 0.25) is 11.7 Å². The molecule has 3 aromatic rings. The number of hydrogen-bond acceptors (Lipinski definition) is 9. The number of likely N-dealkylation sites (N-methyl/N-ethyl adjacent to an activating group) is 1. The second kappa shape index (κ2) is 10.8. The SMILES string of the molecule is CCN1CCN(c2nc(Sc3ccc(NC(=O)C4CC4)cc3)nc(Nc3cc(C)[nH]n3)c2OC)CC1. The topological polar surface area (TPSA) is 111 Å². The molecule has 2 aliphatic rings. The highest BCUT2D eigenvalue weighted by Crippen LogP contribution is 2.38. The minimum absolute atomic E-state index is 0.103. The lowest BCUT2D eigenvalue weighted by Crippen LogP contribution is -2.46. The van der Waals surface area contributed by atoms with Gasteiger partial charge < -0.3 is 25.2 Å². The molecule has 5 rings (SSSR count). The van der Waals surface area contributed by atoms with Crippen molar-refractivity contribution in [3.8, 4) is 5.75 Å². The number of rotatable bonds is 9. The van der Waals surface area contributed by atoms with Crippen molar-refractivity contribution in [2.24, 2.45) is 5.92 Å². The third-order valence-corrected chi connectivity index (χ3v) is 7.25. The van der Waals surface area contributed by atoms with Crippen molar-refractivity contribution in [3.63, 3.8) is 0 Å². The number of H-pyrrole nitrogens is 1. The van der Waals surface area contributed by atoms with Gasteiger partial charge in [-0.1, -0.05) is 6.92 Å². The Balaban J connectivity index is 1.41. The molecule has 0 spiro atoms. The first kappa shape index (κ1) is 24.4. The van der Waals surface area contributed by atoms with Crippen LogP contribution < -0.4 is 20.3 Å². The normalized spacial score (nSPS) is 16.1. The minimum Gasteiger partial charge on any atom is -0.490 e. The summed E-state index contributed by atoms with van der Waals surface area (Å²) in [6.45, 7) is 8.85. The first-order valence-corrected chi connectivity index (χ1v) is 13.1. The Morgan fingerprint density at radius 3 is 2.53 bits per heavy atom. The summed E-state index contributed by atoms with van der Waals surface area (Å²) >= 11 is 1.47. The number of carbonyl (C=O) groups excluding carboxylic acids is 1.